The molecule has 1 heterocycles. The summed E-state index contributed by atoms with van der Waals surface area (Å²) in [6, 6.07) is 11.8. The fourth-order valence-electron chi connectivity index (χ4n) is 2.55. The number of hydrogen-bond acceptors (Lipinski definition) is 4. The van der Waals surface area contributed by atoms with E-state index in [9.17, 15) is 0 Å². The summed E-state index contributed by atoms with van der Waals surface area (Å²) in [5, 5.41) is 3.37. The maximum atomic E-state index is 5.47. The SMILES string of the molecule is CN=C(NCCc1ccccn1)N(C)Cc1ccc(OC)cc1OC. The number of rotatable bonds is 7. The summed E-state index contributed by atoms with van der Waals surface area (Å²) in [7, 11) is 7.09. The van der Waals surface area contributed by atoms with Crippen LogP contribution in [0, 0.1) is 0 Å². The van der Waals surface area contributed by atoms with Gasteiger partial charge in [-0.15, -0.1) is 0 Å². The molecule has 25 heavy (non-hydrogen) atoms. The van der Waals surface area contributed by atoms with Gasteiger partial charge in [0.15, 0.2) is 5.96 Å². The molecule has 134 valence electrons. The topological polar surface area (TPSA) is 59.0 Å². The van der Waals surface area contributed by atoms with Crippen LogP contribution in [-0.4, -0.2) is 50.7 Å². The summed E-state index contributed by atoms with van der Waals surface area (Å²) < 4.78 is 10.7. The number of aromatic nitrogens is 1. The molecule has 0 aliphatic carbocycles. The van der Waals surface area contributed by atoms with E-state index in [1.165, 1.54) is 0 Å². The number of pyridine rings is 1. The maximum absolute atomic E-state index is 5.47. The molecular formula is C19H26N4O2. The van der Waals surface area contributed by atoms with Gasteiger partial charge in [0.2, 0.25) is 0 Å². The Morgan fingerprint density at radius 3 is 2.68 bits per heavy atom. The van der Waals surface area contributed by atoms with E-state index in [0.717, 1.165) is 41.7 Å². The van der Waals surface area contributed by atoms with Crippen molar-refractivity contribution in [2.45, 2.75) is 13.0 Å². The Hall–Kier alpha value is -2.76. The molecule has 0 atom stereocenters. The van der Waals surface area contributed by atoms with Gasteiger partial charge in [0.1, 0.15) is 11.5 Å². The zero-order valence-electron chi connectivity index (χ0n) is 15.3. The number of nitrogens with zero attached hydrogens (tertiary/aromatic N) is 3. The third-order valence-corrected chi connectivity index (χ3v) is 3.87. The minimum atomic E-state index is 0.677. The second-order valence-electron chi connectivity index (χ2n) is 5.58. The lowest BCUT2D eigenvalue weighted by molar-refractivity contribution is 0.382. The lowest BCUT2D eigenvalue weighted by Crippen LogP contribution is -2.39. The van der Waals surface area contributed by atoms with Crippen molar-refractivity contribution in [2.24, 2.45) is 4.99 Å². The number of aliphatic imine (C=N–C) groups is 1. The number of nitrogens with one attached hydrogen (secondary N) is 1. The zero-order chi connectivity index (χ0) is 18.1. The van der Waals surface area contributed by atoms with E-state index < -0.39 is 0 Å². The molecule has 6 heteroatoms. The average Bonchev–Trinajstić information content (AvgIpc) is 2.66. The van der Waals surface area contributed by atoms with Crippen LogP contribution in [-0.2, 0) is 13.0 Å². The summed E-state index contributed by atoms with van der Waals surface area (Å²) in [5.41, 5.74) is 2.13. The molecule has 0 aliphatic heterocycles. The largest absolute Gasteiger partial charge is 0.497 e. The molecule has 0 unspecified atom stereocenters. The summed E-state index contributed by atoms with van der Waals surface area (Å²) in [6.45, 7) is 1.45. The minimum absolute atomic E-state index is 0.677. The first-order chi connectivity index (χ1) is 12.2. The molecule has 0 saturated carbocycles. The van der Waals surface area contributed by atoms with Crippen LogP contribution in [0.5, 0.6) is 11.5 Å². The highest BCUT2D eigenvalue weighted by molar-refractivity contribution is 5.79. The summed E-state index contributed by atoms with van der Waals surface area (Å²) >= 11 is 0. The van der Waals surface area contributed by atoms with Crippen LogP contribution in [0.25, 0.3) is 0 Å². The van der Waals surface area contributed by atoms with E-state index in [0.29, 0.717) is 6.54 Å². The van der Waals surface area contributed by atoms with Crippen molar-refractivity contribution >= 4 is 5.96 Å². The summed E-state index contributed by atoms with van der Waals surface area (Å²) in [4.78, 5) is 10.7. The first-order valence-corrected chi connectivity index (χ1v) is 8.20. The molecule has 1 N–H and O–H groups in total. The van der Waals surface area contributed by atoms with Gasteiger partial charge in [0.05, 0.1) is 14.2 Å². The summed E-state index contributed by atoms with van der Waals surface area (Å²) in [6.07, 6.45) is 2.66. The number of hydrogen-bond donors (Lipinski definition) is 1. The molecule has 0 radical (unpaired) electrons. The molecule has 0 fully saturated rings. The first kappa shape index (κ1) is 18.6. The molecule has 1 aromatic heterocycles. The lowest BCUT2D eigenvalue weighted by Gasteiger charge is -2.23. The van der Waals surface area contributed by atoms with E-state index >= 15 is 0 Å². The predicted octanol–water partition coefficient (Wildman–Crippen LogP) is 2.35. The van der Waals surface area contributed by atoms with Gasteiger partial charge in [-0.2, -0.15) is 0 Å². The van der Waals surface area contributed by atoms with Gasteiger partial charge in [-0.3, -0.25) is 9.98 Å². The van der Waals surface area contributed by atoms with Crippen molar-refractivity contribution in [2.75, 3.05) is 34.9 Å². The minimum Gasteiger partial charge on any atom is -0.497 e. The van der Waals surface area contributed by atoms with E-state index in [-0.39, 0.29) is 0 Å². The van der Waals surface area contributed by atoms with Gasteiger partial charge in [-0.25, -0.2) is 0 Å². The van der Waals surface area contributed by atoms with Crippen LogP contribution in [0.1, 0.15) is 11.3 Å². The Balaban J connectivity index is 1.94. The highest BCUT2D eigenvalue weighted by Gasteiger charge is 2.11. The van der Waals surface area contributed by atoms with Crippen LogP contribution in [0.15, 0.2) is 47.6 Å². The van der Waals surface area contributed by atoms with Gasteiger partial charge in [-0.05, 0) is 24.3 Å². The average molecular weight is 342 g/mol. The summed E-state index contributed by atoms with van der Waals surface area (Å²) in [5.74, 6) is 2.41. The fraction of sp³-hybridized carbons (Fsp3) is 0.368. The Morgan fingerprint density at radius 2 is 2.04 bits per heavy atom. The fourth-order valence-corrected chi connectivity index (χ4v) is 2.55. The monoisotopic (exact) mass is 342 g/mol. The number of guanidine groups is 1. The molecule has 6 nitrogen and oxygen atoms in total. The standard InChI is InChI=1S/C19H26N4O2/c1-20-19(22-12-10-16-7-5-6-11-21-16)23(2)14-15-8-9-17(24-3)13-18(15)25-4/h5-9,11,13H,10,12,14H2,1-4H3,(H,20,22). The number of methoxy groups -OCH3 is 2. The van der Waals surface area contributed by atoms with Crippen molar-refractivity contribution in [1.82, 2.24) is 15.2 Å². The smallest absolute Gasteiger partial charge is 0.193 e. The van der Waals surface area contributed by atoms with Crippen LogP contribution < -0.4 is 14.8 Å². The van der Waals surface area contributed by atoms with Crippen molar-refractivity contribution in [3.8, 4) is 11.5 Å². The van der Waals surface area contributed by atoms with E-state index in [2.05, 4.69) is 20.2 Å². The van der Waals surface area contributed by atoms with Crippen molar-refractivity contribution in [3.63, 3.8) is 0 Å². The Kier molecular flexibility index (Phi) is 7.07. The third kappa shape index (κ3) is 5.38. The first-order valence-electron chi connectivity index (χ1n) is 8.20. The van der Waals surface area contributed by atoms with Gasteiger partial charge < -0.3 is 19.7 Å². The van der Waals surface area contributed by atoms with Gasteiger partial charge in [-0.1, -0.05) is 6.07 Å². The second-order valence-corrected chi connectivity index (χ2v) is 5.58. The molecule has 0 amide bonds. The maximum Gasteiger partial charge on any atom is 0.193 e. The second kappa shape index (κ2) is 9.52. The molecule has 0 saturated heterocycles. The van der Waals surface area contributed by atoms with Crippen molar-refractivity contribution < 1.29 is 9.47 Å². The molecule has 2 aromatic rings. The van der Waals surface area contributed by atoms with Crippen LogP contribution in [0.4, 0.5) is 0 Å². The van der Waals surface area contributed by atoms with E-state index in [1.54, 1.807) is 21.3 Å². The Bertz CT molecular complexity index is 689. The highest BCUT2D eigenvalue weighted by atomic mass is 16.5. The number of ether oxygens (including phenoxy) is 2. The van der Waals surface area contributed by atoms with Crippen LogP contribution in [0.2, 0.25) is 0 Å². The van der Waals surface area contributed by atoms with Crippen molar-refractivity contribution in [3.05, 3.63) is 53.9 Å². The lowest BCUT2D eigenvalue weighted by atomic mass is 10.2. The number of benzene rings is 1. The van der Waals surface area contributed by atoms with Crippen LogP contribution in [0.3, 0.4) is 0 Å². The molecule has 0 bridgehead atoms. The zero-order valence-corrected chi connectivity index (χ0v) is 15.3. The van der Waals surface area contributed by atoms with Gasteiger partial charge in [0.25, 0.3) is 0 Å². The molecule has 2 rings (SSSR count). The van der Waals surface area contributed by atoms with Gasteiger partial charge in [0, 0.05) is 57.1 Å². The van der Waals surface area contributed by atoms with Gasteiger partial charge >= 0.3 is 0 Å². The quantitative estimate of drug-likeness (QED) is 0.618. The Morgan fingerprint density at radius 1 is 1.20 bits per heavy atom. The van der Waals surface area contributed by atoms with E-state index in [4.69, 9.17) is 9.47 Å². The van der Waals surface area contributed by atoms with E-state index in [1.807, 2.05) is 49.6 Å². The highest BCUT2D eigenvalue weighted by Crippen LogP contribution is 2.25. The third-order valence-electron chi connectivity index (χ3n) is 3.87. The van der Waals surface area contributed by atoms with Crippen LogP contribution >= 0.6 is 0 Å². The molecule has 0 spiro atoms. The molecule has 0 aliphatic rings. The molecule has 1 aromatic carbocycles. The Labute approximate surface area is 149 Å². The van der Waals surface area contributed by atoms with Crippen molar-refractivity contribution in [1.29, 1.82) is 0 Å². The molecular weight excluding hydrogens is 316 g/mol. The predicted molar refractivity (Wildman–Crippen MR) is 100 cm³/mol. The normalized spacial score (nSPS) is 11.1.